The Balaban J connectivity index is 2.16. The molecule has 4 heteroatoms. The lowest BCUT2D eigenvalue weighted by Crippen LogP contribution is -2.41. The molecule has 80 valence electrons. The van der Waals surface area contributed by atoms with Crippen LogP contribution in [0.3, 0.4) is 0 Å². The predicted molar refractivity (Wildman–Crippen MR) is 55.8 cm³/mol. The van der Waals surface area contributed by atoms with Gasteiger partial charge < -0.3 is 14.9 Å². The first-order chi connectivity index (χ1) is 7.29. The summed E-state index contributed by atoms with van der Waals surface area (Å²) in [5.74, 6) is 0.485. The molecule has 0 radical (unpaired) electrons. The second-order valence-corrected chi connectivity index (χ2v) is 3.59. The number of hydrogen-bond donors (Lipinski definition) is 2. The lowest BCUT2D eigenvalue weighted by molar-refractivity contribution is -0.0211. The molecule has 0 unspecified atom stereocenters. The number of aliphatic hydroxyl groups is 2. The van der Waals surface area contributed by atoms with E-state index >= 15 is 0 Å². The number of aliphatic hydroxyl groups excluding tert-OH is 2. The molecule has 4 nitrogen and oxygen atoms in total. The fraction of sp³-hybridized carbons (Fsp3) is 0.364. The predicted octanol–water partition coefficient (Wildman–Crippen LogP) is 0.187. The summed E-state index contributed by atoms with van der Waals surface area (Å²) in [6.07, 6.45) is 0. The molecule has 0 bridgehead atoms. The van der Waals surface area contributed by atoms with Crippen LogP contribution in [0.4, 0.5) is 0 Å². The maximum Gasteiger partial charge on any atom is 0.217 e. The Labute approximate surface area is 87.8 Å². The number of rotatable bonds is 3. The van der Waals surface area contributed by atoms with E-state index in [9.17, 15) is 0 Å². The third kappa shape index (κ3) is 1.86. The monoisotopic (exact) mass is 207 g/mol. The van der Waals surface area contributed by atoms with Gasteiger partial charge in [-0.05, 0) is 12.1 Å². The van der Waals surface area contributed by atoms with Crippen LogP contribution < -0.4 is 0 Å². The zero-order valence-electron chi connectivity index (χ0n) is 8.26. The van der Waals surface area contributed by atoms with Crippen molar-refractivity contribution >= 4 is 5.90 Å². The van der Waals surface area contributed by atoms with Gasteiger partial charge in [-0.25, -0.2) is 4.99 Å². The van der Waals surface area contributed by atoms with Gasteiger partial charge in [0.25, 0.3) is 0 Å². The van der Waals surface area contributed by atoms with Gasteiger partial charge in [-0.3, -0.25) is 0 Å². The van der Waals surface area contributed by atoms with Crippen molar-refractivity contribution in [1.82, 2.24) is 0 Å². The molecular formula is C11H13NO3. The molecule has 2 N–H and O–H groups in total. The summed E-state index contributed by atoms with van der Waals surface area (Å²) in [7, 11) is 0. The van der Waals surface area contributed by atoms with Gasteiger partial charge in [-0.1, -0.05) is 18.2 Å². The largest absolute Gasteiger partial charge is 0.464 e. The van der Waals surface area contributed by atoms with Crippen molar-refractivity contribution in [3.63, 3.8) is 0 Å². The molecular weight excluding hydrogens is 194 g/mol. The Morgan fingerprint density at radius 2 is 1.87 bits per heavy atom. The third-order valence-corrected chi connectivity index (χ3v) is 2.42. The van der Waals surface area contributed by atoms with Crippen molar-refractivity contribution in [3.05, 3.63) is 35.9 Å². The SMILES string of the molecule is OCC1(CO)CN=C(c2ccccc2)O1. The highest BCUT2D eigenvalue weighted by Crippen LogP contribution is 2.21. The van der Waals surface area contributed by atoms with Crippen molar-refractivity contribution in [2.75, 3.05) is 19.8 Å². The van der Waals surface area contributed by atoms with Gasteiger partial charge in [0.05, 0.1) is 19.8 Å². The second kappa shape index (κ2) is 4.00. The summed E-state index contributed by atoms with van der Waals surface area (Å²) in [5, 5.41) is 18.2. The number of aliphatic imine (C=N–C) groups is 1. The number of ether oxygens (including phenoxy) is 1. The van der Waals surface area contributed by atoms with Crippen LogP contribution in [0.5, 0.6) is 0 Å². The quantitative estimate of drug-likeness (QED) is 0.743. The highest BCUT2D eigenvalue weighted by molar-refractivity contribution is 5.95. The van der Waals surface area contributed by atoms with Crippen molar-refractivity contribution in [2.24, 2.45) is 4.99 Å². The molecule has 2 rings (SSSR count). The average Bonchev–Trinajstić information content (AvgIpc) is 2.75. The summed E-state index contributed by atoms with van der Waals surface area (Å²) in [5.41, 5.74) is -0.0770. The number of hydrogen-bond acceptors (Lipinski definition) is 4. The third-order valence-electron chi connectivity index (χ3n) is 2.42. The van der Waals surface area contributed by atoms with E-state index in [2.05, 4.69) is 4.99 Å². The minimum absolute atomic E-state index is 0.233. The lowest BCUT2D eigenvalue weighted by atomic mass is 10.1. The smallest absolute Gasteiger partial charge is 0.217 e. The van der Waals surface area contributed by atoms with Crippen LogP contribution in [0.2, 0.25) is 0 Å². The second-order valence-electron chi connectivity index (χ2n) is 3.59. The normalized spacial score (nSPS) is 18.4. The first-order valence-corrected chi connectivity index (χ1v) is 4.80. The topological polar surface area (TPSA) is 62.0 Å². The van der Waals surface area contributed by atoms with Crippen molar-refractivity contribution in [2.45, 2.75) is 5.60 Å². The van der Waals surface area contributed by atoms with Gasteiger partial charge in [-0.2, -0.15) is 0 Å². The molecule has 0 aliphatic carbocycles. The summed E-state index contributed by atoms with van der Waals surface area (Å²) < 4.78 is 5.48. The fourth-order valence-corrected chi connectivity index (χ4v) is 1.43. The molecule has 1 aromatic rings. The molecule has 1 aliphatic heterocycles. The van der Waals surface area contributed by atoms with Gasteiger partial charge in [0.1, 0.15) is 0 Å². The Morgan fingerprint density at radius 3 is 2.40 bits per heavy atom. The maximum atomic E-state index is 9.12. The molecule has 1 aliphatic rings. The summed E-state index contributed by atoms with van der Waals surface area (Å²) in [6, 6.07) is 9.44. The van der Waals surface area contributed by atoms with Gasteiger partial charge in [0.2, 0.25) is 5.90 Å². The molecule has 0 fully saturated rings. The van der Waals surface area contributed by atoms with Crippen LogP contribution in [-0.4, -0.2) is 41.5 Å². The Morgan fingerprint density at radius 1 is 1.20 bits per heavy atom. The Hall–Kier alpha value is -1.39. The molecule has 0 saturated carbocycles. The van der Waals surface area contributed by atoms with E-state index in [0.29, 0.717) is 12.4 Å². The van der Waals surface area contributed by atoms with E-state index in [-0.39, 0.29) is 13.2 Å². The Bertz CT molecular complexity index is 357. The first-order valence-electron chi connectivity index (χ1n) is 4.80. The molecule has 0 saturated heterocycles. The highest BCUT2D eigenvalue weighted by atomic mass is 16.5. The van der Waals surface area contributed by atoms with E-state index < -0.39 is 5.60 Å². The Kier molecular flexibility index (Phi) is 2.70. The van der Waals surface area contributed by atoms with Gasteiger partial charge in [0, 0.05) is 5.56 Å². The van der Waals surface area contributed by atoms with Crippen molar-refractivity contribution in [3.8, 4) is 0 Å². The molecule has 0 atom stereocenters. The summed E-state index contributed by atoms with van der Waals surface area (Å²) >= 11 is 0. The van der Waals surface area contributed by atoms with Gasteiger partial charge in [-0.15, -0.1) is 0 Å². The molecule has 0 amide bonds. The summed E-state index contributed by atoms with van der Waals surface area (Å²) in [4.78, 5) is 4.18. The zero-order valence-corrected chi connectivity index (χ0v) is 8.26. The molecule has 1 aromatic carbocycles. The average molecular weight is 207 g/mol. The molecule has 0 aromatic heterocycles. The van der Waals surface area contributed by atoms with Gasteiger partial charge >= 0.3 is 0 Å². The van der Waals surface area contributed by atoms with E-state index in [1.165, 1.54) is 0 Å². The van der Waals surface area contributed by atoms with E-state index in [1.807, 2.05) is 30.3 Å². The van der Waals surface area contributed by atoms with Crippen molar-refractivity contribution in [1.29, 1.82) is 0 Å². The lowest BCUT2D eigenvalue weighted by Gasteiger charge is -2.23. The molecule has 15 heavy (non-hydrogen) atoms. The number of benzene rings is 1. The molecule has 1 heterocycles. The first kappa shape index (κ1) is 10.1. The van der Waals surface area contributed by atoms with Crippen molar-refractivity contribution < 1.29 is 14.9 Å². The summed E-state index contributed by atoms with van der Waals surface area (Å²) in [6.45, 7) is -0.170. The standard InChI is InChI=1S/C11H13NO3/c13-7-11(8-14)6-12-10(15-11)9-4-2-1-3-5-9/h1-5,13-14H,6-8H2. The maximum absolute atomic E-state index is 9.12. The van der Waals surface area contributed by atoms with Gasteiger partial charge in [0.15, 0.2) is 5.60 Å². The minimum Gasteiger partial charge on any atom is -0.464 e. The van der Waals surface area contributed by atoms with Crippen LogP contribution in [-0.2, 0) is 4.74 Å². The van der Waals surface area contributed by atoms with Crippen LogP contribution in [0.25, 0.3) is 0 Å². The minimum atomic E-state index is -0.939. The highest BCUT2D eigenvalue weighted by Gasteiger charge is 2.37. The fourth-order valence-electron chi connectivity index (χ4n) is 1.43. The van der Waals surface area contributed by atoms with Crippen LogP contribution >= 0.6 is 0 Å². The zero-order chi connectivity index (χ0) is 10.7. The van der Waals surface area contributed by atoms with E-state index in [0.717, 1.165) is 5.56 Å². The van der Waals surface area contributed by atoms with Crippen LogP contribution in [0.15, 0.2) is 35.3 Å². The number of nitrogens with zero attached hydrogens (tertiary/aromatic N) is 1. The van der Waals surface area contributed by atoms with E-state index in [4.69, 9.17) is 14.9 Å². The van der Waals surface area contributed by atoms with E-state index in [1.54, 1.807) is 0 Å². The van der Waals surface area contributed by atoms with Crippen LogP contribution in [0.1, 0.15) is 5.56 Å². The molecule has 0 spiro atoms. The van der Waals surface area contributed by atoms with Crippen LogP contribution in [0, 0.1) is 0 Å².